The van der Waals surface area contributed by atoms with Crippen molar-refractivity contribution < 1.29 is 9.18 Å². The Labute approximate surface area is 147 Å². The van der Waals surface area contributed by atoms with Gasteiger partial charge in [0.05, 0.1) is 16.8 Å². The number of nitrogens with zero attached hydrogens (tertiary/aromatic N) is 2. The summed E-state index contributed by atoms with van der Waals surface area (Å²) >= 11 is 1.14. The van der Waals surface area contributed by atoms with Crippen molar-refractivity contribution in [1.29, 1.82) is 0 Å². The summed E-state index contributed by atoms with van der Waals surface area (Å²) in [7, 11) is 0. The number of rotatable bonds is 5. The predicted molar refractivity (Wildman–Crippen MR) is 96.6 cm³/mol. The van der Waals surface area contributed by atoms with Crippen LogP contribution < -0.4 is 11.3 Å². The van der Waals surface area contributed by atoms with Gasteiger partial charge in [0.1, 0.15) is 16.5 Å². The van der Waals surface area contributed by atoms with Gasteiger partial charge in [-0.05, 0) is 36.6 Å². The predicted octanol–water partition coefficient (Wildman–Crippen LogP) is 3.01. The molecular weight excluding hydrogens is 341 g/mol. The second kappa shape index (κ2) is 6.76. The molecule has 0 fully saturated rings. The second-order valence-electron chi connectivity index (χ2n) is 5.90. The molecule has 0 saturated carbocycles. The van der Waals surface area contributed by atoms with Gasteiger partial charge in [-0.25, -0.2) is 9.37 Å². The molecule has 0 aliphatic heterocycles. The number of carbonyl (C=O) groups is 1. The van der Waals surface area contributed by atoms with Crippen molar-refractivity contribution in [3.05, 3.63) is 62.3 Å². The molecule has 25 heavy (non-hydrogen) atoms. The number of fused-ring (bicyclic) bond motifs is 1. The van der Waals surface area contributed by atoms with Gasteiger partial charge >= 0.3 is 0 Å². The van der Waals surface area contributed by atoms with Gasteiger partial charge in [-0.2, -0.15) is 0 Å². The highest BCUT2D eigenvalue weighted by molar-refractivity contribution is 7.20. The fourth-order valence-corrected chi connectivity index (χ4v) is 3.93. The molecule has 0 radical (unpaired) electrons. The highest BCUT2D eigenvalue weighted by atomic mass is 32.1. The quantitative estimate of drug-likeness (QED) is 0.761. The van der Waals surface area contributed by atoms with Gasteiger partial charge in [0.2, 0.25) is 0 Å². The molecule has 0 aliphatic rings. The van der Waals surface area contributed by atoms with Gasteiger partial charge in [0, 0.05) is 6.42 Å². The Kier molecular flexibility index (Phi) is 4.67. The van der Waals surface area contributed by atoms with Gasteiger partial charge < -0.3 is 5.73 Å². The molecule has 2 heterocycles. The van der Waals surface area contributed by atoms with Gasteiger partial charge in [-0.1, -0.05) is 19.1 Å². The zero-order valence-corrected chi connectivity index (χ0v) is 14.8. The van der Waals surface area contributed by atoms with E-state index in [0.717, 1.165) is 17.8 Å². The van der Waals surface area contributed by atoms with Crippen LogP contribution in [0.3, 0.4) is 0 Å². The Balaban J connectivity index is 2.23. The minimum absolute atomic E-state index is 0.223. The number of aromatic nitrogens is 2. The Morgan fingerprint density at radius 3 is 2.80 bits per heavy atom. The maximum Gasteiger partial charge on any atom is 0.262 e. The van der Waals surface area contributed by atoms with Crippen LogP contribution in [-0.4, -0.2) is 15.5 Å². The molecule has 0 atom stereocenters. The first kappa shape index (κ1) is 17.3. The standard InChI is InChI=1S/C18H18FN3O2S/c1-3-5-13-21-17-14(10(2)15(25-17)16(20)23)18(24)22(13)9-11-6-4-7-12(19)8-11/h4,6-8H,3,5,9H2,1-2H3,(H2,20,23). The van der Waals surface area contributed by atoms with Crippen LogP contribution in [0.4, 0.5) is 4.39 Å². The molecule has 0 bridgehead atoms. The van der Waals surface area contributed by atoms with E-state index in [-0.39, 0.29) is 17.9 Å². The SMILES string of the molecule is CCCc1nc2sc(C(N)=O)c(C)c2c(=O)n1Cc1cccc(F)c1. The number of nitrogens with two attached hydrogens (primary N) is 1. The molecule has 3 aromatic rings. The molecule has 5 nitrogen and oxygen atoms in total. The number of halogens is 1. The number of hydrogen-bond acceptors (Lipinski definition) is 4. The third kappa shape index (κ3) is 3.19. The Morgan fingerprint density at radius 1 is 1.40 bits per heavy atom. The Hall–Kier alpha value is -2.54. The normalized spacial score (nSPS) is 11.2. The fourth-order valence-electron chi connectivity index (χ4n) is 2.89. The van der Waals surface area contributed by atoms with E-state index in [1.807, 2.05) is 6.92 Å². The molecule has 0 aliphatic carbocycles. The first-order chi connectivity index (χ1) is 11.9. The summed E-state index contributed by atoms with van der Waals surface area (Å²) < 4.78 is 15.0. The highest BCUT2D eigenvalue weighted by Gasteiger charge is 2.20. The van der Waals surface area contributed by atoms with Crippen molar-refractivity contribution >= 4 is 27.5 Å². The molecule has 3 rings (SSSR count). The smallest absolute Gasteiger partial charge is 0.262 e. The van der Waals surface area contributed by atoms with E-state index in [0.29, 0.717) is 38.5 Å². The summed E-state index contributed by atoms with van der Waals surface area (Å²) in [5.74, 6) is -0.283. The molecule has 0 unspecified atom stereocenters. The Bertz CT molecular complexity index is 1020. The summed E-state index contributed by atoms with van der Waals surface area (Å²) in [6.07, 6.45) is 1.43. The summed E-state index contributed by atoms with van der Waals surface area (Å²) in [4.78, 5) is 30.1. The van der Waals surface area contributed by atoms with Gasteiger partial charge in [0.15, 0.2) is 0 Å². The number of hydrogen-bond donors (Lipinski definition) is 1. The largest absolute Gasteiger partial charge is 0.365 e. The molecule has 7 heteroatoms. The van der Waals surface area contributed by atoms with E-state index >= 15 is 0 Å². The molecule has 1 aromatic carbocycles. The zero-order chi connectivity index (χ0) is 18.1. The zero-order valence-electron chi connectivity index (χ0n) is 14.0. The van der Waals surface area contributed by atoms with E-state index < -0.39 is 5.91 Å². The maximum absolute atomic E-state index is 13.5. The average molecular weight is 359 g/mol. The fraction of sp³-hybridized carbons (Fsp3) is 0.278. The van der Waals surface area contributed by atoms with Crippen molar-refractivity contribution in [2.75, 3.05) is 0 Å². The highest BCUT2D eigenvalue weighted by Crippen LogP contribution is 2.27. The summed E-state index contributed by atoms with van der Waals surface area (Å²) in [6, 6.07) is 6.15. The van der Waals surface area contributed by atoms with Crippen LogP contribution in [0.5, 0.6) is 0 Å². The number of aryl methyl sites for hydroxylation is 2. The average Bonchev–Trinajstić information content (AvgIpc) is 2.88. The van der Waals surface area contributed by atoms with Crippen LogP contribution in [0.25, 0.3) is 10.2 Å². The Morgan fingerprint density at radius 2 is 2.16 bits per heavy atom. The molecular formula is C18H18FN3O2S. The second-order valence-corrected chi connectivity index (χ2v) is 6.90. The monoisotopic (exact) mass is 359 g/mol. The van der Waals surface area contributed by atoms with Gasteiger partial charge in [-0.15, -0.1) is 11.3 Å². The molecule has 130 valence electrons. The lowest BCUT2D eigenvalue weighted by atomic mass is 10.1. The molecule has 2 aromatic heterocycles. The van der Waals surface area contributed by atoms with Crippen molar-refractivity contribution in [2.24, 2.45) is 5.73 Å². The van der Waals surface area contributed by atoms with E-state index in [1.165, 1.54) is 12.1 Å². The lowest BCUT2D eigenvalue weighted by Crippen LogP contribution is -2.26. The van der Waals surface area contributed by atoms with Crippen molar-refractivity contribution in [3.8, 4) is 0 Å². The number of thiophene rings is 1. The summed E-state index contributed by atoms with van der Waals surface area (Å²) in [6.45, 7) is 3.93. The molecule has 0 spiro atoms. The van der Waals surface area contributed by atoms with Crippen molar-refractivity contribution in [1.82, 2.24) is 9.55 Å². The van der Waals surface area contributed by atoms with Crippen LogP contribution >= 0.6 is 11.3 Å². The van der Waals surface area contributed by atoms with E-state index in [2.05, 4.69) is 4.98 Å². The van der Waals surface area contributed by atoms with Crippen LogP contribution in [0.2, 0.25) is 0 Å². The van der Waals surface area contributed by atoms with E-state index in [4.69, 9.17) is 5.73 Å². The number of amides is 1. The first-order valence-corrected chi connectivity index (χ1v) is 8.81. The molecule has 0 saturated heterocycles. The maximum atomic E-state index is 13.5. The minimum Gasteiger partial charge on any atom is -0.365 e. The van der Waals surface area contributed by atoms with Crippen LogP contribution in [0.1, 0.15) is 40.0 Å². The third-order valence-corrected chi connectivity index (χ3v) is 5.26. The van der Waals surface area contributed by atoms with Crippen molar-refractivity contribution in [2.45, 2.75) is 33.2 Å². The topological polar surface area (TPSA) is 78.0 Å². The van der Waals surface area contributed by atoms with Crippen LogP contribution in [0.15, 0.2) is 29.1 Å². The first-order valence-electron chi connectivity index (χ1n) is 7.99. The number of carbonyl (C=O) groups excluding carboxylic acids is 1. The third-order valence-electron chi connectivity index (χ3n) is 4.06. The van der Waals surface area contributed by atoms with Crippen LogP contribution in [0, 0.1) is 12.7 Å². The molecule has 2 N–H and O–H groups in total. The van der Waals surface area contributed by atoms with E-state index in [1.54, 1.807) is 23.6 Å². The van der Waals surface area contributed by atoms with Gasteiger partial charge in [0.25, 0.3) is 11.5 Å². The van der Waals surface area contributed by atoms with Crippen molar-refractivity contribution in [3.63, 3.8) is 0 Å². The molecule has 1 amide bonds. The lowest BCUT2D eigenvalue weighted by Gasteiger charge is -2.12. The number of benzene rings is 1. The van der Waals surface area contributed by atoms with Crippen LogP contribution in [-0.2, 0) is 13.0 Å². The lowest BCUT2D eigenvalue weighted by molar-refractivity contribution is 0.100. The number of primary amides is 1. The summed E-state index contributed by atoms with van der Waals surface area (Å²) in [5, 5.41) is 0.412. The summed E-state index contributed by atoms with van der Waals surface area (Å²) in [5.41, 5.74) is 6.41. The minimum atomic E-state index is -0.561. The van der Waals surface area contributed by atoms with Gasteiger partial charge in [-0.3, -0.25) is 14.2 Å². The van der Waals surface area contributed by atoms with E-state index in [9.17, 15) is 14.0 Å².